The van der Waals surface area contributed by atoms with Crippen molar-refractivity contribution in [2.75, 3.05) is 6.67 Å². The first-order chi connectivity index (χ1) is 9.68. The number of nitrogens with two attached hydrogens (primary N) is 1. The molecule has 0 bridgehead atoms. The zero-order valence-electron chi connectivity index (χ0n) is 10.4. The Morgan fingerprint density at radius 3 is 2.67 bits per heavy atom. The average molecular weight is 373 g/mol. The van der Waals surface area contributed by atoms with Gasteiger partial charge in [-0.15, -0.1) is 0 Å². The predicted molar refractivity (Wildman–Crippen MR) is 68.9 cm³/mol. The van der Waals surface area contributed by atoms with E-state index >= 15 is 0 Å². The first kappa shape index (κ1) is 16.0. The summed E-state index contributed by atoms with van der Waals surface area (Å²) in [4.78, 5) is 3.60. The molecule has 2 N–H and O–H groups in total. The van der Waals surface area contributed by atoms with Gasteiger partial charge in [0, 0.05) is 16.5 Å². The number of amidine groups is 1. The molecule has 3 nitrogen and oxygen atoms in total. The molecule has 0 aromatic heterocycles. The van der Waals surface area contributed by atoms with Gasteiger partial charge in [0.15, 0.2) is 6.10 Å². The number of alkyl halides is 4. The maximum atomic E-state index is 13.9. The Labute approximate surface area is 125 Å². The van der Waals surface area contributed by atoms with Crippen LogP contribution < -0.4 is 5.73 Å². The van der Waals surface area contributed by atoms with Crippen molar-refractivity contribution in [3.05, 3.63) is 34.1 Å². The van der Waals surface area contributed by atoms with Crippen LogP contribution in [0.25, 0.3) is 0 Å². The number of nitrogens with zero attached hydrogens (tertiary/aromatic N) is 1. The minimum absolute atomic E-state index is 0.306. The molecule has 0 aliphatic carbocycles. The summed E-state index contributed by atoms with van der Waals surface area (Å²) >= 11 is 3.06. The Bertz CT molecular complexity index is 577. The van der Waals surface area contributed by atoms with Gasteiger partial charge in [0.05, 0.1) is 0 Å². The van der Waals surface area contributed by atoms with Crippen molar-refractivity contribution in [3.63, 3.8) is 0 Å². The normalized spacial score (nSPS) is 26.2. The van der Waals surface area contributed by atoms with Crippen LogP contribution in [0.4, 0.5) is 22.0 Å². The van der Waals surface area contributed by atoms with Crippen molar-refractivity contribution in [3.8, 4) is 0 Å². The van der Waals surface area contributed by atoms with E-state index in [9.17, 15) is 22.0 Å². The average Bonchev–Trinajstić information content (AvgIpc) is 2.39. The number of aliphatic imine (C=N–C) groups is 1. The van der Waals surface area contributed by atoms with Gasteiger partial charge in [-0.25, -0.2) is 13.8 Å². The summed E-state index contributed by atoms with van der Waals surface area (Å²) in [6.07, 6.45) is -7.99. The second-order valence-electron chi connectivity index (χ2n) is 4.59. The molecule has 0 saturated carbocycles. The van der Waals surface area contributed by atoms with Crippen LogP contribution in [0.15, 0.2) is 27.7 Å². The van der Waals surface area contributed by atoms with E-state index < -0.39 is 42.8 Å². The van der Waals surface area contributed by atoms with E-state index in [0.717, 1.165) is 6.07 Å². The summed E-state index contributed by atoms with van der Waals surface area (Å²) in [6.45, 7) is -1.34. The fourth-order valence-corrected chi connectivity index (χ4v) is 2.50. The lowest BCUT2D eigenvalue weighted by atomic mass is 9.85. The van der Waals surface area contributed by atoms with Gasteiger partial charge in [-0.1, -0.05) is 15.9 Å². The third kappa shape index (κ3) is 3.12. The lowest BCUT2D eigenvalue weighted by Crippen LogP contribution is -2.48. The number of rotatable bonds is 2. The van der Waals surface area contributed by atoms with E-state index in [0.29, 0.717) is 4.47 Å². The molecule has 21 heavy (non-hydrogen) atoms. The molecule has 1 aromatic carbocycles. The zero-order valence-corrected chi connectivity index (χ0v) is 12.0. The topological polar surface area (TPSA) is 47.6 Å². The smallest absolute Gasteiger partial charge is 0.425 e. The van der Waals surface area contributed by atoms with Crippen molar-refractivity contribution in [2.45, 2.75) is 24.2 Å². The number of hydrogen-bond donors (Lipinski definition) is 1. The lowest BCUT2D eigenvalue weighted by Gasteiger charge is -2.36. The molecule has 116 valence electrons. The minimum atomic E-state index is -4.76. The highest BCUT2D eigenvalue weighted by Gasteiger charge is 2.52. The Kier molecular flexibility index (Phi) is 4.14. The highest BCUT2D eigenvalue weighted by Crippen LogP contribution is 2.41. The molecule has 0 spiro atoms. The second-order valence-corrected chi connectivity index (χ2v) is 5.51. The van der Waals surface area contributed by atoms with Crippen molar-refractivity contribution >= 4 is 22.0 Å². The molecule has 0 saturated heterocycles. The summed E-state index contributed by atoms with van der Waals surface area (Å²) in [5.74, 6) is -0.866. The quantitative estimate of drug-likeness (QED) is 0.808. The molecule has 0 amide bonds. The molecule has 1 aliphatic rings. The minimum Gasteiger partial charge on any atom is -0.452 e. The number of benzene rings is 1. The first-order valence-corrected chi connectivity index (χ1v) is 6.57. The molecule has 2 atom stereocenters. The van der Waals surface area contributed by atoms with Gasteiger partial charge in [-0.2, -0.15) is 13.2 Å². The number of hydrogen-bond acceptors (Lipinski definition) is 3. The summed E-state index contributed by atoms with van der Waals surface area (Å²) in [7, 11) is 0. The van der Waals surface area contributed by atoms with Crippen molar-refractivity contribution in [1.29, 1.82) is 0 Å². The molecule has 2 rings (SSSR count). The molecule has 1 aliphatic heterocycles. The van der Waals surface area contributed by atoms with Crippen LogP contribution >= 0.6 is 15.9 Å². The summed E-state index contributed by atoms with van der Waals surface area (Å²) in [5, 5.41) is 0. The van der Waals surface area contributed by atoms with Gasteiger partial charge in [0.1, 0.15) is 18.0 Å². The van der Waals surface area contributed by atoms with E-state index in [1.807, 2.05) is 0 Å². The second kappa shape index (κ2) is 5.43. The molecule has 0 radical (unpaired) electrons. The predicted octanol–water partition coefficient (Wildman–Crippen LogP) is 3.42. The molecule has 0 fully saturated rings. The van der Waals surface area contributed by atoms with E-state index in [4.69, 9.17) is 5.73 Å². The number of ether oxygens (including phenoxy) is 1. The third-order valence-electron chi connectivity index (χ3n) is 3.13. The Hall–Kier alpha value is -1.38. The van der Waals surface area contributed by atoms with Crippen LogP contribution in [0, 0.1) is 5.82 Å². The summed E-state index contributed by atoms with van der Waals surface area (Å²) in [6, 6.07) is 2.73. The number of halogens is 6. The van der Waals surface area contributed by atoms with Crippen LogP contribution in [-0.2, 0) is 10.3 Å². The third-order valence-corrected chi connectivity index (χ3v) is 3.62. The Balaban J connectivity index is 2.54. The maximum Gasteiger partial charge on any atom is 0.425 e. The SMILES string of the molecule is NC1=NC(CF)(c2cc(Br)ccc2F)CC(C(F)(F)F)O1. The van der Waals surface area contributed by atoms with Crippen molar-refractivity contribution in [2.24, 2.45) is 10.7 Å². The van der Waals surface area contributed by atoms with Crippen LogP contribution in [0.1, 0.15) is 12.0 Å². The fraction of sp³-hybridized carbons (Fsp3) is 0.417. The van der Waals surface area contributed by atoms with Crippen LogP contribution in [-0.4, -0.2) is 25.0 Å². The highest BCUT2D eigenvalue weighted by molar-refractivity contribution is 9.10. The Morgan fingerprint density at radius 1 is 1.43 bits per heavy atom. The van der Waals surface area contributed by atoms with Gasteiger partial charge in [0.25, 0.3) is 6.02 Å². The van der Waals surface area contributed by atoms with E-state index in [1.165, 1.54) is 12.1 Å². The molecule has 1 aromatic rings. The largest absolute Gasteiger partial charge is 0.452 e. The Morgan fingerprint density at radius 2 is 2.10 bits per heavy atom. The van der Waals surface area contributed by atoms with Gasteiger partial charge in [0.2, 0.25) is 0 Å². The van der Waals surface area contributed by atoms with E-state index in [2.05, 4.69) is 25.7 Å². The van der Waals surface area contributed by atoms with Crippen LogP contribution in [0.5, 0.6) is 0 Å². The van der Waals surface area contributed by atoms with Crippen molar-refractivity contribution < 1.29 is 26.7 Å². The van der Waals surface area contributed by atoms with E-state index in [-0.39, 0.29) is 5.56 Å². The zero-order chi connectivity index (χ0) is 15.8. The molecular weight excluding hydrogens is 363 g/mol. The molecule has 2 unspecified atom stereocenters. The highest BCUT2D eigenvalue weighted by atomic mass is 79.9. The van der Waals surface area contributed by atoms with Gasteiger partial charge >= 0.3 is 6.18 Å². The summed E-state index contributed by atoms with van der Waals surface area (Å²) < 4.78 is 70.7. The van der Waals surface area contributed by atoms with Gasteiger partial charge in [-0.3, -0.25) is 0 Å². The molecule has 1 heterocycles. The lowest BCUT2D eigenvalue weighted by molar-refractivity contribution is -0.209. The first-order valence-electron chi connectivity index (χ1n) is 5.78. The summed E-state index contributed by atoms with van der Waals surface area (Å²) in [5.41, 5.74) is 2.86. The van der Waals surface area contributed by atoms with Crippen LogP contribution in [0.3, 0.4) is 0 Å². The van der Waals surface area contributed by atoms with Crippen LogP contribution in [0.2, 0.25) is 0 Å². The standard InChI is InChI=1S/C12H10BrF5N2O/c13-6-1-2-8(15)7(3-6)11(5-14)4-9(12(16,17)18)21-10(19)20-11/h1-3,9H,4-5H2,(H2,19,20). The van der Waals surface area contributed by atoms with Crippen molar-refractivity contribution in [1.82, 2.24) is 0 Å². The monoisotopic (exact) mass is 372 g/mol. The van der Waals surface area contributed by atoms with Gasteiger partial charge in [-0.05, 0) is 18.2 Å². The molecular formula is C12H10BrF5N2O. The van der Waals surface area contributed by atoms with Gasteiger partial charge < -0.3 is 10.5 Å². The fourth-order valence-electron chi connectivity index (χ4n) is 2.14. The molecule has 9 heteroatoms. The maximum absolute atomic E-state index is 13.9. The van der Waals surface area contributed by atoms with E-state index in [1.54, 1.807) is 0 Å².